The van der Waals surface area contributed by atoms with Gasteiger partial charge in [0.15, 0.2) is 11.6 Å². The highest BCUT2D eigenvalue weighted by molar-refractivity contribution is 7.16. The molecule has 4 aromatic heterocycles. The summed E-state index contributed by atoms with van der Waals surface area (Å²) in [6.45, 7) is 5.52. The number of aryl methyl sites for hydroxylation is 2. The van der Waals surface area contributed by atoms with Gasteiger partial charge in [0.1, 0.15) is 10.6 Å². The van der Waals surface area contributed by atoms with Crippen LogP contribution in [-0.4, -0.2) is 25.1 Å². The molecule has 0 radical (unpaired) electrons. The second-order valence-corrected chi connectivity index (χ2v) is 7.05. The number of carbonyl (C=O) groups is 1. The smallest absolute Gasteiger partial charge is 0.262 e. The molecule has 0 saturated heterocycles. The Hall–Kier alpha value is -3.00. The van der Waals surface area contributed by atoms with E-state index in [0.717, 1.165) is 11.4 Å². The number of rotatable bonds is 4. The predicted octanol–water partition coefficient (Wildman–Crippen LogP) is 3.04. The van der Waals surface area contributed by atoms with Crippen molar-refractivity contribution < 1.29 is 9.32 Å². The van der Waals surface area contributed by atoms with E-state index in [2.05, 4.69) is 10.1 Å². The topological polar surface area (TPSA) is 82.9 Å². The molecule has 4 aromatic rings. The molecule has 0 aliphatic carbocycles. The Morgan fingerprint density at radius 2 is 2.08 bits per heavy atom. The number of fused-ring (bicyclic) bond motifs is 1. The largest absolute Gasteiger partial charge is 0.360 e. The van der Waals surface area contributed by atoms with Gasteiger partial charge in [0.2, 0.25) is 0 Å². The molecule has 26 heavy (non-hydrogen) atoms. The number of aromatic nitrogens is 4. The Labute approximate surface area is 152 Å². The van der Waals surface area contributed by atoms with Crippen LogP contribution in [0.3, 0.4) is 0 Å². The van der Waals surface area contributed by atoms with Crippen LogP contribution in [0.4, 0.5) is 0 Å². The maximum atomic E-state index is 12.8. The van der Waals surface area contributed by atoms with Crippen LogP contribution in [0, 0.1) is 20.8 Å². The molecule has 0 spiro atoms. The van der Waals surface area contributed by atoms with E-state index < -0.39 is 0 Å². The third kappa shape index (κ3) is 2.59. The van der Waals surface area contributed by atoms with Crippen molar-refractivity contribution >= 4 is 27.3 Å². The molecular weight excluding hydrogens is 352 g/mol. The van der Waals surface area contributed by atoms with E-state index in [9.17, 15) is 9.59 Å². The molecule has 0 fully saturated rings. The molecule has 0 amide bonds. The molecule has 8 heteroatoms. The normalized spacial score (nSPS) is 11.3. The van der Waals surface area contributed by atoms with Crippen LogP contribution in [0.25, 0.3) is 16.0 Å². The van der Waals surface area contributed by atoms with Crippen molar-refractivity contribution in [3.63, 3.8) is 0 Å². The van der Waals surface area contributed by atoms with Crippen LogP contribution in [0.5, 0.6) is 0 Å². The molecule has 4 heterocycles. The Morgan fingerprint density at radius 3 is 2.81 bits per heavy atom. The molecular formula is C18H16N4O3S. The van der Waals surface area contributed by atoms with Crippen LogP contribution in [0.1, 0.15) is 27.5 Å². The Morgan fingerprint density at radius 1 is 1.27 bits per heavy atom. The van der Waals surface area contributed by atoms with E-state index in [1.54, 1.807) is 6.07 Å². The van der Waals surface area contributed by atoms with Gasteiger partial charge in [0.25, 0.3) is 5.56 Å². The first kappa shape index (κ1) is 16.5. The molecule has 7 nitrogen and oxygen atoms in total. The fourth-order valence-corrected chi connectivity index (χ4v) is 3.83. The standard InChI is InChI=1S/C18H16N4O3S/c1-10-6-14(12(3)22(10)16-7-11(2)25-20-16)15(23)8-21-9-19-17-13(18(21)24)4-5-26-17/h4-7,9H,8H2,1-3H3. The average Bonchev–Trinajstić information content (AvgIpc) is 3.30. The fourth-order valence-electron chi connectivity index (χ4n) is 3.10. The van der Waals surface area contributed by atoms with Gasteiger partial charge in [0.05, 0.1) is 18.3 Å². The third-order valence-corrected chi connectivity index (χ3v) is 5.16. The maximum absolute atomic E-state index is 12.8. The molecule has 4 rings (SSSR count). The summed E-state index contributed by atoms with van der Waals surface area (Å²) >= 11 is 1.40. The van der Waals surface area contributed by atoms with Gasteiger partial charge < -0.3 is 4.52 Å². The zero-order valence-electron chi connectivity index (χ0n) is 14.5. The van der Waals surface area contributed by atoms with Gasteiger partial charge in [-0.05, 0) is 38.3 Å². The summed E-state index contributed by atoms with van der Waals surface area (Å²) in [5.41, 5.74) is 1.99. The fraction of sp³-hybridized carbons (Fsp3) is 0.222. The van der Waals surface area contributed by atoms with Gasteiger partial charge in [-0.1, -0.05) is 5.16 Å². The van der Waals surface area contributed by atoms with Crippen molar-refractivity contribution in [1.82, 2.24) is 19.3 Å². The van der Waals surface area contributed by atoms with E-state index in [0.29, 0.717) is 27.4 Å². The van der Waals surface area contributed by atoms with E-state index in [1.165, 1.54) is 22.2 Å². The number of Topliss-reactive ketones (excluding diaryl/α,β-unsaturated/α-hetero) is 1. The molecule has 0 N–H and O–H groups in total. The minimum Gasteiger partial charge on any atom is -0.360 e. The minimum atomic E-state index is -0.203. The van der Waals surface area contributed by atoms with E-state index in [-0.39, 0.29) is 17.9 Å². The average molecular weight is 368 g/mol. The van der Waals surface area contributed by atoms with Gasteiger partial charge in [-0.2, -0.15) is 0 Å². The second-order valence-electron chi connectivity index (χ2n) is 6.16. The third-order valence-electron chi connectivity index (χ3n) is 4.34. The lowest BCUT2D eigenvalue weighted by Gasteiger charge is -2.06. The summed E-state index contributed by atoms with van der Waals surface area (Å²) in [4.78, 5) is 30.2. The minimum absolute atomic E-state index is 0.0558. The van der Waals surface area contributed by atoms with Crippen molar-refractivity contribution in [2.24, 2.45) is 0 Å². The summed E-state index contributed by atoms with van der Waals surface area (Å²) in [7, 11) is 0. The zero-order chi connectivity index (χ0) is 18.4. The van der Waals surface area contributed by atoms with Crippen molar-refractivity contribution in [3.8, 4) is 5.82 Å². The highest BCUT2D eigenvalue weighted by Crippen LogP contribution is 2.21. The Kier molecular flexibility index (Phi) is 3.84. The van der Waals surface area contributed by atoms with E-state index in [4.69, 9.17) is 4.52 Å². The predicted molar refractivity (Wildman–Crippen MR) is 98.3 cm³/mol. The molecule has 0 aromatic carbocycles. The quantitative estimate of drug-likeness (QED) is 0.517. The lowest BCUT2D eigenvalue weighted by Crippen LogP contribution is -2.24. The highest BCUT2D eigenvalue weighted by Gasteiger charge is 2.19. The number of hydrogen-bond acceptors (Lipinski definition) is 6. The van der Waals surface area contributed by atoms with Gasteiger partial charge in [-0.15, -0.1) is 11.3 Å². The number of ketones is 1. The summed E-state index contributed by atoms with van der Waals surface area (Å²) in [6.07, 6.45) is 1.43. The number of nitrogens with zero attached hydrogens (tertiary/aromatic N) is 4. The molecule has 0 atom stereocenters. The first-order chi connectivity index (χ1) is 12.5. The van der Waals surface area contributed by atoms with Crippen LogP contribution in [-0.2, 0) is 6.54 Å². The van der Waals surface area contributed by atoms with E-state index in [1.807, 2.05) is 42.9 Å². The van der Waals surface area contributed by atoms with Crippen molar-refractivity contribution in [1.29, 1.82) is 0 Å². The van der Waals surface area contributed by atoms with Crippen molar-refractivity contribution in [3.05, 3.63) is 63.0 Å². The zero-order valence-corrected chi connectivity index (χ0v) is 15.3. The summed E-state index contributed by atoms with van der Waals surface area (Å²) in [5.74, 6) is 1.18. The number of thiophene rings is 1. The second kappa shape index (κ2) is 6.06. The first-order valence-electron chi connectivity index (χ1n) is 8.04. The van der Waals surface area contributed by atoms with Gasteiger partial charge in [0, 0.05) is 23.0 Å². The van der Waals surface area contributed by atoms with Gasteiger partial charge >= 0.3 is 0 Å². The summed E-state index contributed by atoms with van der Waals surface area (Å²) in [6, 6.07) is 5.35. The number of carbonyl (C=O) groups excluding carboxylic acids is 1. The molecule has 0 unspecified atom stereocenters. The monoisotopic (exact) mass is 368 g/mol. The molecule has 132 valence electrons. The summed E-state index contributed by atoms with van der Waals surface area (Å²) in [5, 5.41) is 6.37. The highest BCUT2D eigenvalue weighted by atomic mass is 32.1. The van der Waals surface area contributed by atoms with E-state index >= 15 is 0 Å². The first-order valence-corrected chi connectivity index (χ1v) is 8.92. The lowest BCUT2D eigenvalue weighted by atomic mass is 10.1. The summed E-state index contributed by atoms with van der Waals surface area (Å²) < 4.78 is 8.35. The maximum Gasteiger partial charge on any atom is 0.262 e. The Bertz CT molecular complexity index is 1190. The van der Waals surface area contributed by atoms with Crippen LogP contribution in [0.2, 0.25) is 0 Å². The molecule has 0 aliphatic heterocycles. The lowest BCUT2D eigenvalue weighted by molar-refractivity contribution is 0.0970. The van der Waals surface area contributed by atoms with Crippen molar-refractivity contribution in [2.75, 3.05) is 0 Å². The van der Waals surface area contributed by atoms with Crippen LogP contribution >= 0.6 is 11.3 Å². The van der Waals surface area contributed by atoms with Gasteiger partial charge in [-0.25, -0.2) is 4.98 Å². The van der Waals surface area contributed by atoms with Crippen LogP contribution < -0.4 is 5.56 Å². The number of hydrogen-bond donors (Lipinski definition) is 0. The molecule has 0 bridgehead atoms. The van der Waals surface area contributed by atoms with Crippen molar-refractivity contribution in [2.45, 2.75) is 27.3 Å². The Balaban J connectivity index is 1.70. The van der Waals surface area contributed by atoms with Gasteiger partial charge in [-0.3, -0.25) is 18.7 Å². The molecule has 0 aliphatic rings. The molecule has 0 saturated carbocycles. The van der Waals surface area contributed by atoms with Crippen LogP contribution in [0.15, 0.2) is 39.2 Å². The SMILES string of the molecule is Cc1cc(-n2c(C)cc(C(=O)Cn3cnc4sccc4c3=O)c2C)no1.